The Bertz CT molecular complexity index is 710. The van der Waals surface area contributed by atoms with Gasteiger partial charge in [-0.1, -0.05) is 0 Å². The summed E-state index contributed by atoms with van der Waals surface area (Å²) in [5.74, 6) is 0.649. The number of sulfonamides is 1. The fourth-order valence-corrected chi connectivity index (χ4v) is 2.93. The van der Waals surface area contributed by atoms with Gasteiger partial charge in [0, 0.05) is 11.4 Å². The molecule has 0 saturated carbocycles. The first-order valence-corrected chi connectivity index (χ1v) is 7.44. The summed E-state index contributed by atoms with van der Waals surface area (Å²) >= 11 is 0. The van der Waals surface area contributed by atoms with E-state index in [0.29, 0.717) is 17.1 Å². The molecule has 2 aromatic rings. The molecule has 0 spiro atoms. The van der Waals surface area contributed by atoms with Crippen LogP contribution in [0.4, 0.5) is 11.4 Å². The van der Waals surface area contributed by atoms with Gasteiger partial charge in [0.15, 0.2) is 0 Å². The molecule has 0 aliphatic carbocycles. The summed E-state index contributed by atoms with van der Waals surface area (Å²) in [5, 5.41) is 0. The summed E-state index contributed by atoms with van der Waals surface area (Å²) in [5.41, 5.74) is 7.36. The topological polar surface area (TPSA) is 81.4 Å². The Morgan fingerprint density at radius 1 is 1.10 bits per heavy atom. The predicted molar refractivity (Wildman–Crippen MR) is 79.4 cm³/mol. The maximum absolute atomic E-state index is 12.3. The number of hydrogen-bond acceptors (Lipinski definition) is 4. The second-order valence-corrected chi connectivity index (χ2v) is 6.04. The van der Waals surface area contributed by atoms with Crippen LogP contribution in [0.2, 0.25) is 0 Å². The molecule has 3 N–H and O–H groups in total. The van der Waals surface area contributed by atoms with Gasteiger partial charge in [-0.05, 0) is 55.0 Å². The van der Waals surface area contributed by atoms with Crippen LogP contribution in [0.25, 0.3) is 0 Å². The van der Waals surface area contributed by atoms with Crippen LogP contribution >= 0.6 is 0 Å². The van der Waals surface area contributed by atoms with Gasteiger partial charge in [-0.2, -0.15) is 0 Å². The minimum absolute atomic E-state index is 0.188. The minimum Gasteiger partial charge on any atom is -0.496 e. The molecule has 106 valence electrons. The molecule has 6 heteroatoms. The molecule has 0 saturated heterocycles. The fraction of sp³-hybridized carbons (Fsp3) is 0.143. The zero-order valence-electron chi connectivity index (χ0n) is 11.3. The van der Waals surface area contributed by atoms with Crippen LogP contribution in [-0.4, -0.2) is 15.5 Å². The Kier molecular flexibility index (Phi) is 3.85. The Labute approximate surface area is 118 Å². The van der Waals surface area contributed by atoms with E-state index in [0.717, 1.165) is 5.56 Å². The van der Waals surface area contributed by atoms with Crippen LogP contribution in [0.3, 0.4) is 0 Å². The second kappa shape index (κ2) is 5.42. The van der Waals surface area contributed by atoms with Crippen molar-refractivity contribution in [2.24, 2.45) is 0 Å². The standard InChI is InChI=1S/C14H16N2O3S/c1-10-9-13(7-8-14(10)19-2)20(17,18)16-12-5-3-11(15)4-6-12/h3-9,16H,15H2,1-2H3. The molecule has 0 aliphatic heterocycles. The maximum Gasteiger partial charge on any atom is 0.261 e. The minimum atomic E-state index is -3.62. The highest BCUT2D eigenvalue weighted by molar-refractivity contribution is 7.92. The van der Waals surface area contributed by atoms with Crippen LogP contribution in [0.15, 0.2) is 47.4 Å². The number of anilines is 2. The molecule has 0 amide bonds. The van der Waals surface area contributed by atoms with E-state index < -0.39 is 10.0 Å². The highest BCUT2D eigenvalue weighted by Crippen LogP contribution is 2.23. The van der Waals surface area contributed by atoms with Crippen LogP contribution in [0, 0.1) is 6.92 Å². The number of ether oxygens (including phenoxy) is 1. The quantitative estimate of drug-likeness (QED) is 0.848. The first-order chi connectivity index (χ1) is 9.42. The zero-order valence-corrected chi connectivity index (χ0v) is 12.1. The number of methoxy groups -OCH3 is 1. The molecule has 0 aliphatic rings. The van der Waals surface area contributed by atoms with Crippen molar-refractivity contribution < 1.29 is 13.2 Å². The van der Waals surface area contributed by atoms with Crippen LogP contribution in [-0.2, 0) is 10.0 Å². The molecule has 0 fully saturated rings. The van der Waals surface area contributed by atoms with Crippen molar-refractivity contribution in [1.29, 1.82) is 0 Å². The van der Waals surface area contributed by atoms with E-state index >= 15 is 0 Å². The van der Waals surface area contributed by atoms with Crippen molar-refractivity contribution in [2.45, 2.75) is 11.8 Å². The number of rotatable bonds is 4. The maximum atomic E-state index is 12.3. The van der Waals surface area contributed by atoms with Gasteiger partial charge in [-0.15, -0.1) is 0 Å². The summed E-state index contributed by atoms with van der Waals surface area (Å²) in [6, 6.07) is 11.2. The predicted octanol–water partition coefficient (Wildman–Crippen LogP) is 2.39. The van der Waals surface area contributed by atoms with Crippen LogP contribution < -0.4 is 15.2 Å². The zero-order chi connectivity index (χ0) is 14.8. The second-order valence-electron chi connectivity index (χ2n) is 4.36. The SMILES string of the molecule is COc1ccc(S(=O)(=O)Nc2ccc(N)cc2)cc1C. The average molecular weight is 292 g/mol. The third-order valence-electron chi connectivity index (χ3n) is 2.84. The average Bonchev–Trinajstić information content (AvgIpc) is 2.41. The van der Waals surface area contributed by atoms with Gasteiger partial charge in [0.25, 0.3) is 10.0 Å². The molecule has 0 radical (unpaired) electrons. The van der Waals surface area contributed by atoms with Crippen molar-refractivity contribution in [3.05, 3.63) is 48.0 Å². The number of nitrogens with two attached hydrogens (primary N) is 1. The summed E-state index contributed by atoms with van der Waals surface area (Å²) in [4.78, 5) is 0.188. The lowest BCUT2D eigenvalue weighted by Gasteiger charge is -2.10. The van der Waals surface area contributed by atoms with E-state index in [2.05, 4.69) is 4.72 Å². The van der Waals surface area contributed by atoms with Crippen molar-refractivity contribution >= 4 is 21.4 Å². The first-order valence-electron chi connectivity index (χ1n) is 5.95. The lowest BCUT2D eigenvalue weighted by molar-refractivity contribution is 0.411. The Morgan fingerprint density at radius 3 is 2.30 bits per heavy atom. The van der Waals surface area contributed by atoms with Crippen LogP contribution in [0.1, 0.15) is 5.56 Å². The summed E-state index contributed by atoms with van der Waals surface area (Å²) in [7, 11) is -2.08. The van der Waals surface area contributed by atoms with Gasteiger partial charge in [0.1, 0.15) is 5.75 Å². The highest BCUT2D eigenvalue weighted by atomic mass is 32.2. The Morgan fingerprint density at radius 2 is 1.75 bits per heavy atom. The van der Waals surface area contributed by atoms with Crippen LogP contribution in [0.5, 0.6) is 5.75 Å². The molecule has 0 bridgehead atoms. The molecular weight excluding hydrogens is 276 g/mol. The summed E-state index contributed by atoms with van der Waals surface area (Å²) in [6.45, 7) is 1.79. The molecule has 5 nitrogen and oxygen atoms in total. The van der Waals surface area contributed by atoms with E-state index in [4.69, 9.17) is 10.5 Å². The summed E-state index contributed by atoms with van der Waals surface area (Å²) in [6.07, 6.45) is 0. The van der Waals surface area contributed by atoms with Crippen molar-refractivity contribution in [1.82, 2.24) is 0 Å². The number of aryl methyl sites for hydroxylation is 1. The van der Waals surface area contributed by atoms with Gasteiger partial charge in [0.05, 0.1) is 12.0 Å². The number of benzene rings is 2. The van der Waals surface area contributed by atoms with E-state index in [1.807, 2.05) is 0 Å². The molecular formula is C14H16N2O3S. The number of nitrogens with one attached hydrogen (secondary N) is 1. The normalized spacial score (nSPS) is 11.1. The first kappa shape index (κ1) is 14.2. The van der Waals surface area contributed by atoms with Gasteiger partial charge in [-0.25, -0.2) is 8.42 Å². The smallest absolute Gasteiger partial charge is 0.261 e. The van der Waals surface area contributed by atoms with E-state index in [1.54, 1.807) is 50.4 Å². The summed E-state index contributed by atoms with van der Waals surface area (Å²) < 4.78 is 32.1. The van der Waals surface area contributed by atoms with Gasteiger partial charge < -0.3 is 10.5 Å². The molecule has 2 rings (SSSR count). The third-order valence-corrected chi connectivity index (χ3v) is 4.22. The number of hydrogen-bond donors (Lipinski definition) is 2. The lowest BCUT2D eigenvalue weighted by atomic mass is 10.2. The van der Waals surface area contributed by atoms with Crippen molar-refractivity contribution in [3.63, 3.8) is 0 Å². The molecule has 0 atom stereocenters. The van der Waals surface area contributed by atoms with E-state index in [9.17, 15) is 8.42 Å². The molecule has 20 heavy (non-hydrogen) atoms. The van der Waals surface area contributed by atoms with Gasteiger partial charge in [0.2, 0.25) is 0 Å². The number of nitrogen functional groups attached to an aromatic ring is 1. The Balaban J connectivity index is 2.30. The Hall–Kier alpha value is -2.21. The monoisotopic (exact) mass is 292 g/mol. The van der Waals surface area contributed by atoms with Gasteiger partial charge in [-0.3, -0.25) is 4.72 Å². The largest absolute Gasteiger partial charge is 0.496 e. The molecule has 2 aromatic carbocycles. The van der Waals surface area contributed by atoms with E-state index in [1.165, 1.54) is 6.07 Å². The third kappa shape index (κ3) is 3.03. The van der Waals surface area contributed by atoms with Gasteiger partial charge >= 0.3 is 0 Å². The molecule has 0 heterocycles. The van der Waals surface area contributed by atoms with E-state index in [-0.39, 0.29) is 4.90 Å². The van der Waals surface area contributed by atoms with Crippen molar-refractivity contribution in [2.75, 3.05) is 17.6 Å². The van der Waals surface area contributed by atoms with Crippen molar-refractivity contribution in [3.8, 4) is 5.75 Å². The highest BCUT2D eigenvalue weighted by Gasteiger charge is 2.15. The lowest BCUT2D eigenvalue weighted by Crippen LogP contribution is -2.13. The molecule has 0 unspecified atom stereocenters. The molecule has 0 aromatic heterocycles. The fourth-order valence-electron chi connectivity index (χ4n) is 1.78.